The minimum atomic E-state index is -0.161. The topological polar surface area (TPSA) is 67.9 Å². The summed E-state index contributed by atoms with van der Waals surface area (Å²) in [6, 6.07) is 7.73. The number of nitrogens with zero attached hydrogens (tertiary/aromatic N) is 1. The Balaban J connectivity index is 1.79. The molecule has 1 heterocycles. The van der Waals surface area contributed by atoms with Crippen molar-refractivity contribution in [1.29, 1.82) is 0 Å². The first-order chi connectivity index (χ1) is 12.5. The summed E-state index contributed by atoms with van der Waals surface area (Å²) in [5.74, 6) is 0.925. The highest BCUT2D eigenvalue weighted by Crippen LogP contribution is 2.19. The van der Waals surface area contributed by atoms with E-state index in [2.05, 4.69) is 5.32 Å². The lowest BCUT2D eigenvalue weighted by Gasteiger charge is -2.20. The molecule has 1 aromatic rings. The van der Waals surface area contributed by atoms with Gasteiger partial charge in [0, 0.05) is 44.7 Å². The molecule has 6 nitrogen and oxygen atoms in total. The molecule has 1 aliphatic rings. The van der Waals surface area contributed by atoms with Crippen LogP contribution in [0.1, 0.15) is 25.8 Å². The van der Waals surface area contributed by atoms with Gasteiger partial charge in [0.15, 0.2) is 0 Å². The zero-order chi connectivity index (χ0) is 18.9. The van der Waals surface area contributed by atoms with E-state index in [4.69, 9.17) is 9.47 Å². The molecule has 1 N–H and O–H groups in total. The highest BCUT2D eigenvalue weighted by molar-refractivity contribution is 5.91. The molecule has 0 saturated carbocycles. The van der Waals surface area contributed by atoms with E-state index in [1.807, 2.05) is 43.0 Å². The molecular weight excluding hydrogens is 332 g/mol. The fourth-order valence-electron chi connectivity index (χ4n) is 2.87. The van der Waals surface area contributed by atoms with Crippen LogP contribution in [-0.2, 0) is 14.3 Å². The highest BCUT2D eigenvalue weighted by Gasteiger charge is 2.30. The van der Waals surface area contributed by atoms with Gasteiger partial charge in [-0.15, -0.1) is 0 Å². The maximum absolute atomic E-state index is 12.0. The van der Waals surface area contributed by atoms with Crippen LogP contribution in [0.5, 0.6) is 5.75 Å². The van der Waals surface area contributed by atoms with Gasteiger partial charge in [0.25, 0.3) is 0 Å². The van der Waals surface area contributed by atoms with Crippen LogP contribution in [0.3, 0.4) is 0 Å². The summed E-state index contributed by atoms with van der Waals surface area (Å²) < 4.78 is 10.5. The normalized spacial score (nSPS) is 17.3. The van der Waals surface area contributed by atoms with Crippen LogP contribution in [0.25, 0.3) is 6.08 Å². The SMILES string of the molecule is COCCOc1cccc(/C=C/C(=O)NCC2CC(=O)N(C(C)C)C2)c1. The Bertz CT molecular complexity index is 642. The third kappa shape index (κ3) is 6.19. The molecule has 1 saturated heterocycles. The lowest BCUT2D eigenvalue weighted by molar-refractivity contribution is -0.129. The molecule has 0 bridgehead atoms. The van der Waals surface area contributed by atoms with Crippen molar-refractivity contribution in [2.75, 3.05) is 33.4 Å². The number of rotatable bonds is 9. The van der Waals surface area contributed by atoms with Gasteiger partial charge in [-0.3, -0.25) is 9.59 Å². The quantitative estimate of drug-likeness (QED) is 0.541. The molecule has 1 aromatic carbocycles. The number of amides is 2. The van der Waals surface area contributed by atoms with E-state index in [-0.39, 0.29) is 23.8 Å². The van der Waals surface area contributed by atoms with Gasteiger partial charge < -0.3 is 19.7 Å². The number of carbonyl (C=O) groups is 2. The predicted molar refractivity (Wildman–Crippen MR) is 101 cm³/mol. The zero-order valence-corrected chi connectivity index (χ0v) is 15.7. The number of carbonyl (C=O) groups excluding carboxylic acids is 2. The van der Waals surface area contributed by atoms with Crippen molar-refractivity contribution in [2.24, 2.45) is 5.92 Å². The molecule has 0 radical (unpaired) electrons. The number of ether oxygens (including phenoxy) is 2. The van der Waals surface area contributed by atoms with Crippen molar-refractivity contribution in [3.05, 3.63) is 35.9 Å². The third-order valence-electron chi connectivity index (χ3n) is 4.27. The first-order valence-electron chi connectivity index (χ1n) is 8.96. The molecule has 2 amide bonds. The van der Waals surface area contributed by atoms with Crippen LogP contribution >= 0.6 is 0 Å². The summed E-state index contributed by atoms with van der Waals surface area (Å²) in [5, 5.41) is 2.88. The van der Waals surface area contributed by atoms with Gasteiger partial charge in [0.1, 0.15) is 12.4 Å². The van der Waals surface area contributed by atoms with Crippen LogP contribution in [0.15, 0.2) is 30.3 Å². The average molecular weight is 360 g/mol. The van der Waals surface area contributed by atoms with E-state index >= 15 is 0 Å². The lowest BCUT2D eigenvalue weighted by atomic mass is 10.1. The third-order valence-corrected chi connectivity index (χ3v) is 4.27. The molecule has 1 unspecified atom stereocenters. The monoisotopic (exact) mass is 360 g/mol. The van der Waals surface area contributed by atoms with E-state index in [0.29, 0.717) is 32.7 Å². The van der Waals surface area contributed by atoms with Crippen LogP contribution in [0.4, 0.5) is 0 Å². The first kappa shape index (κ1) is 20.0. The smallest absolute Gasteiger partial charge is 0.244 e. The zero-order valence-electron chi connectivity index (χ0n) is 15.7. The summed E-state index contributed by atoms with van der Waals surface area (Å²) in [6.45, 7) is 6.25. The number of benzene rings is 1. The van der Waals surface area contributed by atoms with E-state index in [1.165, 1.54) is 6.08 Å². The van der Waals surface area contributed by atoms with Gasteiger partial charge in [-0.25, -0.2) is 0 Å². The lowest BCUT2D eigenvalue weighted by Crippen LogP contribution is -2.34. The minimum absolute atomic E-state index is 0.161. The van der Waals surface area contributed by atoms with Gasteiger partial charge in [-0.2, -0.15) is 0 Å². The van der Waals surface area contributed by atoms with Crippen LogP contribution in [0, 0.1) is 5.92 Å². The molecule has 0 spiro atoms. The summed E-state index contributed by atoms with van der Waals surface area (Å²) >= 11 is 0. The number of nitrogens with one attached hydrogen (secondary N) is 1. The minimum Gasteiger partial charge on any atom is -0.491 e. The van der Waals surface area contributed by atoms with Crippen molar-refractivity contribution in [2.45, 2.75) is 26.3 Å². The van der Waals surface area contributed by atoms with Crippen LogP contribution in [-0.4, -0.2) is 56.2 Å². The fourth-order valence-corrected chi connectivity index (χ4v) is 2.87. The van der Waals surface area contributed by atoms with Crippen LogP contribution in [0.2, 0.25) is 0 Å². The van der Waals surface area contributed by atoms with Crippen molar-refractivity contribution >= 4 is 17.9 Å². The Morgan fingerprint density at radius 2 is 2.19 bits per heavy atom. The highest BCUT2D eigenvalue weighted by atomic mass is 16.5. The Morgan fingerprint density at radius 3 is 2.88 bits per heavy atom. The molecule has 2 rings (SSSR count). The van der Waals surface area contributed by atoms with Gasteiger partial charge in [0.05, 0.1) is 6.61 Å². The number of likely N-dealkylation sites (tertiary alicyclic amines) is 1. The molecule has 1 fully saturated rings. The Labute approximate surface area is 155 Å². The average Bonchev–Trinajstić information content (AvgIpc) is 3.00. The van der Waals surface area contributed by atoms with Crippen molar-refractivity contribution in [3.63, 3.8) is 0 Å². The van der Waals surface area contributed by atoms with E-state index in [0.717, 1.165) is 11.3 Å². The number of methoxy groups -OCH3 is 1. The first-order valence-corrected chi connectivity index (χ1v) is 8.96. The molecule has 142 valence electrons. The maximum Gasteiger partial charge on any atom is 0.244 e. The fraction of sp³-hybridized carbons (Fsp3) is 0.500. The largest absolute Gasteiger partial charge is 0.491 e. The van der Waals surface area contributed by atoms with Gasteiger partial charge in [-0.05, 0) is 37.6 Å². The van der Waals surface area contributed by atoms with E-state index < -0.39 is 0 Å². The Kier molecular flexibility index (Phi) is 7.66. The summed E-state index contributed by atoms with van der Waals surface area (Å²) in [6.07, 6.45) is 3.76. The molecule has 1 atom stereocenters. The van der Waals surface area contributed by atoms with Gasteiger partial charge in [-0.1, -0.05) is 12.1 Å². The van der Waals surface area contributed by atoms with Gasteiger partial charge in [0.2, 0.25) is 11.8 Å². The second-order valence-electron chi connectivity index (χ2n) is 6.70. The Morgan fingerprint density at radius 1 is 1.38 bits per heavy atom. The molecule has 1 aliphatic heterocycles. The van der Waals surface area contributed by atoms with Gasteiger partial charge >= 0.3 is 0 Å². The summed E-state index contributed by atoms with van der Waals surface area (Å²) in [4.78, 5) is 25.8. The predicted octanol–water partition coefficient (Wildman–Crippen LogP) is 2.10. The number of hydrogen-bond donors (Lipinski definition) is 1. The second kappa shape index (κ2) is 9.97. The molecule has 26 heavy (non-hydrogen) atoms. The molecule has 0 aliphatic carbocycles. The number of hydrogen-bond acceptors (Lipinski definition) is 4. The molecule has 6 heteroatoms. The van der Waals surface area contributed by atoms with Crippen molar-refractivity contribution in [3.8, 4) is 5.75 Å². The van der Waals surface area contributed by atoms with E-state index in [1.54, 1.807) is 13.2 Å². The second-order valence-corrected chi connectivity index (χ2v) is 6.70. The van der Waals surface area contributed by atoms with Crippen LogP contribution < -0.4 is 10.1 Å². The molecular formula is C20H28N2O4. The standard InChI is InChI=1S/C20H28N2O4/c1-15(2)22-14-17(12-20(22)24)13-21-19(23)8-7-16-5-4-6-18(11-16)26-10-9-25-3/h4-8,11,15,17H,9-10,12-14H2,1-3H3,(H,21,23)/b8-7+. The van der Waals surface area contributed by atoms with Crippen molar-refractivity contribution in [1.82, 2.24) is 10.2 Å². The molecule has 0 aromatic heterocycles. The summed E-state index contributed by atoms with van der Waals surface area (Å²) in [7, 11) is 1.63. The Hall–Kier alpha value is -2.34. The summed E-state index contributed by atoms with van der Waals surface area (Å²) in [5.41, 5.74) is 0.886. The van der Waals surface area contributed by atoms with E-state index in [9.17, 15) is 9.59 Å². The maximum atomic E-state index is 12.0. The van der Waals surface area contributed by atoms with Crippen molar-refractivity contribution < 1.29 is 19.1 Å².